The molecule has 1 aromatic carbocycles. The molecule has 0 fully saturated rings. The van der Waals surface area contributed by atoms with Gasteiger partial charge in [-0.15, -0.1) is 0 Å². The monoisotopic (exact) mass is 239 g/mol. The summed E-state index contributed by atoms with van der Waals surface area (Å²) in [6, 6.07) is 7.49. The van der Waals surface area contributed by atoms with Crippen LogP contribution in [0.1, 0.15) is 11.1 Å². The molecule has 3 rings (SSSR count). The van der Waals surface area contributed by atoms with E-state index in [1.54, 1.807) is 18.6 Å². The van der Waals surface area contributed by atoms with E-state index >= 15 is 0 Å². The van der Waals surface area contributed by atoms with Crippen LogP contribution in [0.25, 0.3) is 16.7 Å². The molecule has 0 atom stereocenters. The molecule has 0 spiro atoms. The zero-order valence-electron chi connectivity index (χ0n) is 10.3. The summed E-state index contributed by atoms with van der Waals surface area (Å²) in [6.07, 6.45) is 3.47. The van der Waals surface area contributed by atoms with Crippen molar-refractivity contribution in [2.24, 2.45) is 0 Å². The number of H-pyrrole nitrogens is 1. The van der Waals surface area contributed by atoms with E-state index in [-0.39, 0.29) is 5.56 Å². The van der Waals surface area contributed by atoms with Crippen LogP contribution in [0.5, 0.6) is 0 Å². The van der Waals surface area contributed by atoms with Gasteiger partial charge in [-0.05, 0) is 43.2 Å². The molecular weight excluding hydrogens is 226 g/mol. The summed E-state index contributed by atoms with van der Waals surface area (Å²) in [5.74, 6) is 0. The van der Waals surface area contributed by atoms with Gasteiger partial charge in [0.2, 0.25) is 5.56 Å². The van der Waals surface area contributed by atoms with Crippen molar-refractivity contribution in [1.82, 2.24) is 14.5 Å². The van der Waals surface area contributed by atoms with Crippen LogP contribution in [-0.2, 0) is 0 Å². The summed E-state index contributed by atoms with van der Waals surface area (Å²) in [5, 5.41) is 0. The van der Waals surface area contributed by atoms with Crippen molar-refractivity contribution in [2.45, 2.75) is 13.8 Å². The van der Waals surface area contributed by atoms with Crippen molar-refractivity contribution in [3.8, 4) is 5.69 Å². The van der Waals surface area contributed by atoms with E-state index in [2.05, 4.69) is 35.9 Å². The molecule has 2 aromatic heterocycles. The number of nitrogens with one attached hydrogen (secondary N) is 1. The predicted molar refractivity (Wildman–Crippen MR) is 71.2 cm³/mol. The van der Waals surface area contributed by atoms with E-state index in [9.17, 15) is 4.79 Å². The van der Waals surface area contributed by atoms with E-state index in [1.807, 2.05) is 4.57 Å². The lowest BCUT2D eigenvalue weighted by Gasteiger charge is -2.05. The maximum absolute atomic E-state index is 11.1. The Labute approximate surface area is 104 Å². The van der Waals surface area contributed by atoms with Gasteiger partial charge < -0.3 is 4.98 Å². The van der Waals surface area contributed by atoms with Crippen molar-refractivity contribution in [3.05, 3.63) is 58.3 Å². The Morgan fingerprint density at radius 2 is 1.94 bits per heavy atom. The highest BCUT2D eigenvalue weighted by Gasteiger charge is 2.06. The molecule has 0 radical (unpaired) electrons. The minimum Gasteiger partial charge on any atom is -0.327 e. The second-order valence-corrected chi connectivity index (χ2v) is 4.45. The van der Waals surface area contributed by atoms with Crippen LogP contribution >= 0.6 is 0 Å². The van der Waals surface area contributed by atoms with Gasteiger partial charge in [0.1, 0.15) is 6.33 Å². The molecular formula is C14H13N3O. The maximum Gasteiger partial charge on any atom is 0.248 e. The molecule has 0 amide bonds. The first-order valence-corrected chi connectivity index (χ1v) is 5.78. The third kappa shape index (κ3) is 1.62. The molecule has 0 bridgehead atoms. The van der Waals surface area contributed by atoms with Crippen LogP contribution < -0.4 is 5.56 Å². The van der Waals surface area contributed by atoms with Crippen molar-refractivity contribution < 1.29 is 0 Å². The lowest BCUT2D eigenvalue weighted by molar-refractivity contribution is 1.06. The number of hydrogen-bond donors (Lipinski definition) is 1. The number of aromatic amines is 1. The molecule has 0 saturated carbocycles. The average molecular weight is 239 g/mol. The first kappa shape index (κ1) is 10.8. The van der Waals surface area contributed by atoms with Crippen molar-refractivity contribution in [2.75, 3.05) is 0 Å². The highest BCUT2D eigenvalue weighted by Crippen LogP contribution is 2.20. The van der Waals surface area contributed by atoms with Crippen LogP contribution in [0, 0.1) is 13.8 Å². The molecule has 4 heteroatoms. The zero-order chi connectivity index (χ0) is 12.7. The van der Waals surface area contributed by atoms with Crippen LogP contribution in [0.15, 0.2) is 41.6 Å². The standard InChI is InChI=1S/C14H13N3O/c1-9-5-12-13(6-10(9)2)17(8-16-12)11-3-4-14(18)15-7-11/h3-8H,1-2H3,(H,15,18). The van der Waals surface area contributed by atoms with E-state index in [1.165, 1.54) is 17.2 Å². The number of pyridine rings is 1. The lowest BCUT2D eigenvalue weighted by atomic mass is 10.1. The van der Waals surface area contributed by atoms with Crippen LogP contribution in [0.3, 0.4) is 0 Å². The number of imidazole rings is 1. The molecule has 1 N–H and O–H groups in total. The normalized spacial score (nSPS) is 11.0. The predicted octanol–water partition coefficient (Wildman–Crippen LogP) is 2.33. The fourth-order valence-corrected chi connectivity index (χ4v) is 2.02. The van der Waals surface area contributed by atoms with E-state index in [0.717, 1.165) is 16.7 Å². The summed E-state index contributed by atoms with van der Waals surface area (Å²) in [4.78, 5) is 18.1. The van der Waals surface area contributed by atoms with E-state index in [0.29, 0.717) is 0 Å². The number of hydrogen-bond acceptors (Lipinski definition) is 2. The Morgan fingerprint density at radius 3 is 2.67 bits per heavy atom. The van der Waals surface area contributed by atoms with Gasteiger partial charge in [-0.3, -0.25) is 9.36 Å². The molecule has 0 unspecified atom stereocenters. The Morgan fingerprint density at radius 1 is 1.17 bits per heavy atom. The Hall–Kier alpha value is -2.36. The quantitative estimate of drug-likeness (QED) is 0.708. The topological polar surface area (TPSA) is 50.7 Å². The molecule has 18 heavy (non-hydrogen) atoms. The molecule has 4 nitrogen and oxygen atoms in total. The minimum absolute atomic E-state index is 0.102. The molecule has 90 valence electrons. The number of rotatable bonds is 1. The number of benzene rings is 1. The number of aryl methyl sites for hydroxylation is 2. The van der Waals surface area contributed by atoms with Crippen LogP contribution in [0.2, 0.25) is 0 Å². The van der Waals surface area contributed by atoms with Crippen molar-refractivity contribution in [3.63, 3.8) is 0 Å². The average Bonchev–Trinajstić information content (AvgIpc) is 2.74. The van der Waals surface area contributed by atoms with Gasteiger partial charge in [0.05, 0.1) is 16.7 Å². The Kier molecular flexibility index (Phi) is 2.30. The summed E-state index contributed by atoms with van der Waals surface area (Å²) in [6.45, 7) is 4.16. The summed E-state index contributed by atoms with van der Waals surface area (Å²) < 4.78 is 1.97. The first-order chi connectivity index (χ1) is 8.65. The van der Waals surface area contributed by atoms with Gasteiger partial charge in [0.15, 0.2) is 0 Å². The van der Waals surface area contributed by atoms with Gasteiger partial charge in [-0.25, -0.2) is 4.98 Å². The summed E-state index contributed by atoms with van der Waals surface area (Å²) in [5.41, 5.74) is 5.27. The molecule has 0 aliphatic rings. The number of fused-ring (bicyclic) bond motifs is 1. The van der Waals surface area contributed by atoms with E-state index in [4.69, 9.17) is 0 Å². The maximum atomic E-state index is 11.1. The molecule has 0 saturated heterocycles. The van der Waals surface area contributed by atoms with Gasteiger partial charge in [0.25, 0.3) is 0 Å². The smallest absolute Gasteiger partial charge is 0.248 e. The van der Waals surface area contributed by atoms with Gasteiger partial charge in [-0.1, -0.05) is 0 Å². The summed E-state index contributed by atoms with van der Waals surface area (Å²) >= 11 is 0. The van der Waals surface area contributed by atoms with Crippen molar-refractivity contribution >= 4 is 11.0 Å². The fourth-order valence-electron chi connectivity index (χ4n) is 2.02. The molecule has 0 aliphatic heterocycles. The highest BCUT2D eigenvalue weighted by atomic mass is 16.1. The summed E-state index contributed by atoms with van der Waals surface area (Å²) in [7, 11) is 0. The SMILES string of the molecule is Cc1cc2ncn(-c3ccc(=O)[nH]c3)c2cc1C. The minimum atomic E-state index is -0.102. The zero-order valence-corrected chi connectivity index (χ0v) is 10.3. The number of nitrogens with zero attached hydrogens (tertiary/aromatic N) is 2. The van der Waals surface area contributed by atoms with E-state index < -0.39 is 0 Å². The lowest BCUT2D eigenvalue weighted by Crippen LogP contribution is -2.04. The molecule has 0 aliphatic carbocycles. The first-order valence-electron chi connectivity index (χ1n) is 5.78. The van der Waals surface area contributed by atoms with Crippen LogP contribution in [-0.4, -0.2) is 14.5 Å². The van der Waals surface area contributed by atoms with Crippen LogP contribution in [0.4, 0.5) is 0 Å². The molecule has 2 heterocycles. The fraction of sp³-hybridized carbons (Fsp3) is 0.143. The van der Waals surface area contributed by atoms with Gasteiger partial charge in [-0.2, -0.15) is 0 Å². The second kappa shape index (κ2) is 3.84. The third-order valence-electron chi connectivity index (χ3n) is 3.21. The Bertz CT molecular complexity index is 763. The number of aromatic nitrogens is 3. The largest absolute Gasteiger partial charge is 0.327 e. The van der Waals surface area contributed by atoms with Gasteiger partial charge >= 0.3 is 0 Å². The van der Waals surface area contributed by atoms with Crippen molar-refractivity contribution in [1.29, 1.82) is 0 Å². The molecule has 3 aromatic rings. The Balaban J connectivity index is 2.27. The highest BCUT2D eigenvalue weighted by molar-refractivity contribution is 5.79. The van der Waals surface area contributed by atoms with Gasteiger partial charge in [0, 0.05) is 12.3 Å². The third-order valence-corrected chi connectivity index (χ3v) is 3.21. The second-order valence-electron chi connectivity index (χ2n) is 4.45.